The molecular weight excluding hydrogens is 380 g/mol. The summed E-state index contributed by atoms with van der Waals surface area (Å²) in [5, 5.41) is 16.2. The SMILES string of the molecule is CCc1ccnc(Nc2nc(Nc3ccn4ccnc4c3)cc(N3CC(O)C3)n2)c1. The first-order chi connectivity index (χ1) is 14.7. The number of hydrogen-bond acceptors (Lipinski definition) is 8. The third-order valence-electron chi connectivity index (χ3n) is 5.04. The second-order valence-electron chi connectivity index (χ2n) is 7.25. The Morgan fingerprint density at radius 2 is 1.90 bits per heavy atom. The van der Waals surface area contributed by atoms with Gasteiger partial charge < -0.3 is 25.0 Å². The van der Waals surface area contributed by atoms with Crippen molar-refractivity contribution in [1.29, 1.82) is 0 Å². The van der Waals surface area contributed by atoms with Crippen LogP contribution in [0.15, 0.2) is 55.1 Å². The molecule has 4 aromatic heterocycles. The van der Waals surface area contributed by atoms with Gasteiger partial charge in [-0.2, -0.15) is 9.97 Å². The number of pyridine rings is 2. The van der Waals surface area contributed by atoms with Crippen LogP contribution in [0.3, 0.4) is 0 Å². The van der Waals surface area contributed by atoms with Crippen molar-refractivity contribution in [2.24, 2.45) is 0 Å². The van der Waals surface area contributed by atoms with Crippen LogP contribution in [0.5, 0.6) is 0 Å². The minimum absolute atomic E-state index is 0.321. The van der Waals surface area contributed by atoms with Crippen LogP contribution in [-0.2, 0) is 6.42 Å². The Bertz CT molecular complexity index is 1180. The molecule has 4 aromatic rings. The van der Waals surface area contributed by atoms with Gasteiger partial charge in [-0.15, -0.1) is 0 Å². The highest BCUT2D eigenvalue weighted by atomic mass is 16.3. The lowest BCUT2D eigenvalue weighted by Gasteiger charge is -2.37. The van der Waals surface area contributed by atoms with Gasteiger partial charge in [0.1, 0.15) is 23.1 Å². The maximum atomic E-state index is 9.69. The summed E-state index contributed by atoms with van der Waals surface area (Å²) in [4.78, 5) is 19.9. The monoisotopic (exact) mass is 402 g/mol. The number of nitrogens with zero attached hydrogens (tertiary/aromatic N) is 6. The molecule has 30 heavy (non-hydrogen) atoms. The summed E-state index contributed by atoms with van der Waals surface area (Å²) in [6.45, 7) is 3.21. The Morgan fingerprint density at radius 3 is 2.73 bits per heavy atom. The molecule has 1 aliphatic heterocycles. The quantitative estimate of drug-likeness (QED) is 0.452. The Morgan fingerprint density at radius 1 is 1.00 bits per heavy atom. The van der Waals surface area contributed by atoms with E-state index < -0.39 is 0 Å². The number of hydrogen-bond donors (Lipinski definition) is 3. The number of rotatable bonds is 6. The van der Waals surface area contributed by atoms with E-state index in [-0.39, 0.29) is 6.10 Å². The van der Waals surface area contributed by atoms with Crippen LogP contribution in [-0.4, -0.2) is 48.6 Å². The molecule has 1 saturated heterocycles. The third-order valence-corrected chi connectivity index (χ3v) is 5.04. The van der Waals surface area contributed by atoms with Gasteiger partial charge in [-0.05, 0) is 30.2 Å². The maximum absolute atomic E-state index is 9.69. The Balaban J connectivity index is 1.46. The molecule has 0 unspecified atom stereocenters. The van der Waals surface area contributed by atoms with Gasteiger partial charge in [0.2, 0.25) is 5.95 Å². The van der Waals surface area contributed by atoms with E-state index in [0.717, 1.165) is 23.6 Å². The van der Waals surface area contributed by atoms with E-state index >= 15 is 0 Å². The number of fused-ring (bicyclic) bond motifs is 1. The standard InChI is InChI=1S/C21H22N8O/c1-2-14-3-5-22-17(9-14)25-21-26-18(11-20(27-21)29-12-16(30)13-29)24-15-4-7-28-8-6-23-19(28)10-15/h3-11,16,30H,2,12-13H2,1H3,(H2,22,24,25,26,27). The minimum atomic E-state index is -0.321. The van der Waals surface area contributed by atoms with Crippen LogP contribution in [0.4, 0.5) is 29.1 Å². The lowest BCUT2D eigenvalue weighted by Crippen LogP contribution is -2.51. The van der Waals surface area contributed by atoms with E-state index in [1.807, 2.05) is 52.0 Å². The molecule has 0 amide bonds. The normalized spacial score (nSPS) is 14.0. The highest BCUT2D eigenvalue weighted by molar-refractivity contribution is 5.66. The molecule has 3 N–H and O–H groups in total. The van der Waals surface area contributed by atoms with Crippen LogP contribution in [0.25, 0.3) is 5.65 Å². The Kier molecular flexibility index (Phi) is 4.64. The predicted molar refractivity (Wildman–Crippen MR) is 116 cm³/mol. The average molecular weight is 402 g/mol. The van der Waals surface area contributed by atoms with Gasteiger partial charge in [-0.1, -0.05) is 6.92 Å². The number of aliphatic hydroxyl groups excluding tert-OH is 1. The maximum Gasteiger partial charge on any atom is 0.232 e. The first kappa shape index (κ1) is 18.3. The largest absolute Gasteiger partial charge is 0.389 e. The number of aliphatic hydroxyl groups is 1. The fraction of sp³-hybridized carbons (Fsp3) is 0.238. The molecule has 5 heterocycles. The van der Waals surface area contributed by atoms with Crippen molar-refractivity contribution < 1.29 is 5.11 Å². The van der Waals surface area contributed by atoms with Gasteiger partial charge in [0.25, 0.3) is 0 Å². The molecule has 0 aliphatic carbocycles. The average Bonchev–Trinajstić information content (AvgIpc) is 3.19. The summed E-state index contributed by atoms with van der Waals surface area (Å²) < 4.78 is 1.94. The number of imidazole rings is 1. The van der Waals surface area contributed by atoms with Gasteiger partial charge in [0, 0.05) is 55.7 Å². The van der Waals surface area contributed by atoms with Gasteiger partial charge in [0.15, 0.2) is 0 Å². The molecule has 1 aliphatic rings. The fourth-order valence-corrected chi connectivity index (χ4v) is 3.37. The van der Waals surface area contributed by atoms with E-state index in [0.29, 0.717) is 30.7 Å². The van der Waals surface area contributed by atoms with E-state index in [2.05, 4.69) is 37.5 Å². The first-order valence-electron chi connectivity index (χ1n) is 9.90. The summed E-state index contributed by atoms with van der Waals surface area (Å²) in [5.41, 5.74) is 2.90. The lowest BCUT2D eigenvalue weighted by atomic mass is 10.2. The zero-order valence-corrected chi connectivity index (χ0v) is 16.5. The van der Waals surface area contributed by atoms with E-state index in [9.17, 15) is 5.11 Å². The Labute approximate surface area is 173 Å². The van der Waals surface area contributed by atoms with Gasteiger partial charge >= 0.3 is 0 Å². The van der Waals surface area contributed by atoms with Crippen molar-refractivity contribution in [1.82, 2.24) is 24.3 Å². The van der Waals surface area contributed by atoms with E-state index in [1.54, 1.807) is 12.4 Å². The third kappa shape index (κ3) is 3.74. The van der Waals surface area contributed by atoms with E-state index in [1.165, 1.54) is 5.56 Å². The zero-order chi connectivity index (χ0) is 20.5. The molecule has 152 valence electrons. The molecule has 0 bridgehead atoms. The molecule has 0 spiro atoms. The first-order valence-corrected chi connectivity index (χ1v) is 9.90. The number of β-amino-alcohol motifs (C(OH)–C–C–N with tert-alkyl or cyclic N) is 1. The molecule has 0 atom stereocenters. The van der Waals surface area contributed by atoms with E-state index in [4.69, 9.17) is 0 Å². The highest BCUT2D eigenvalue weighted by Crippen LogP contribution is 2.26. The Hall–Kier alpha value is -3.72. The summed E-state index contributed by atoms with van der Waals surface area (Å²) in [5.74, 6) is 2.53. The molecule has 9 heteroatoms. The van der Waals surface area contributed by atoms with Crippen LogP contribution in [0.2, 0.25) is 0 Å². The molecule has 1 fully saturated rings. The van der Waals surface area contributed by atoms with Crippen molar-refractivity contribution in [3.8, 4) is 0 Å². The summed E-state index contributed by atoms with van der Waals surface area (Å²) >= 11 is 0. The molecular formula is C21H22N8O. The van der Waals surface area contributed by atoms with Gasteiger partial charge in [-0.3, -0.25) is 0 Å². The summed E-state index contributed by atoms with van der Waals surface area (Å²) in [6, 6.07) is 9.77. The second-order valence-corrected chi connectivity index (χ2v) is 7.25. The molecule has 0 radical (unpaired) electrons. The fourth-order valence-electron chi connectivity index (χ4n) is 3.37. The topological polar surface area (TPSA) is 104 Å². The zero-order valence-electron chi connectivity index (χ0n) is 16.5. The van der Waals surface area contributed by atoms with Crippen molar-refractivity contribution in [2.75, 3.05) is 28.6 Å². The van der Waals surface area contributed by atoms with Crippen LogP contribution < -0.4 is 15.5 Å². The number of nitrogens with one attached hydrogen (secondary N) is 2. The van der Waals surface area contributed by atoms with Gasteiger partial charge in [0.05, 0.1) is 6.10 Å². The predicted octanol–water partition coefficient (Wildman–Crippen LogP) is 2.75. The van der Waals surface area contributed by atoms with Gasteiger partial charge in [-0.25, -0.2) is 9.97 Å². The summed E-state index contributed by atoms with van der Waals surface area (Å²) in [6.07, 6.45) is 7.98. The van der Waals surface area contributed by atoms with Crippen LogP contribution in [0.1, 0.15) is 12.5 Å². The smallest absolute Gasteiger partial charge is 0.232 e. The highest BCUT2D eigenvalue weighted by Gasteiger charge is 2.26. The minimum Gasteiger partial charge on any atom is -0.389 e. The second kappa shape index (κ2) is 7.60. The molecule has 0 aromatic carbocycles. The summed E-state index contributed by atoms with van der Waals surface area (Å²) in [7, 11) is 0. The molecule has 9 nitrogen and oxygen atoms in total. The number of aryl methyl sites for hydroxylation is 1. The van der Waals surface area contributed by atoms with Crippen molar-refractivity contribution in [3.63, 3.8) is 0 Å². The van der Waals surface area contributed by atoms with Crippen molar-refractivity contribution in [3.05, 3.63) is 60.7 Å². The van der Waals surface area contributed by atoms with Crippen molar-refractivity contribution >= 4 is 34.7 Å². The molecule has 0 saturated carbocycles. The number of anilines is 5. The molecule has 5 rings (SSSR count). The number of aromatic nitrogens is 5. The van der Waals surface area contributed by atoms with Crippen LogP contribution >= 0.6 is 0 Å². The lowest BCUT2D eigenvalue weighted by molar-refractivity contribution is 0.141. The van der Waals surface area contributed by atoms with Crippen LogP contribution in [0, 0.1) is 0 Å². The van der Waals surface area contributed by atoms with Crippen molar-refractivity contribution in [2.45, 2.75) is 19.4 Å².